The van der Waals surface area contributed by atoms with E-state index in [-0.39, 0.29) is 32.3 Å². The standard InChI is InChI=1S/C7H12O5S.Li.H/c1-3-4-6(13(10,11)12)5(2)7(8)9;;/h3-4H2,1-2H3,(H,8,9)(H,10,11,12);;/q;+1;-1. The van der Waals surface area contributed by atoms with Crippen LogP contribution in [0.5, 0.6) is 0 Å². The van der Waals surface area contributed by atoms with E-state index in [4.69, 9.17) is 9.66 Å². The minimum Gasteiger partial charge on any atom is -1.00 e. The summed E-state index contributed by atoms with van der Waals surface area (Å²) in [7, 11) is -4.37. The second-order valence-corrected chi connectivity index (χ2v) is 4.02. The van der Waals surface area contributed by atoms with Crippen molar-refractivity contribution in [1.82, 2.24) is 0 Å². The molecule has 0 spiro atoms. The molecule has 0 rings (SSSR count). The van der Waals surface area contributed by atoms with Gasteiger partial charge in [0.05, 0.1) is 10.5 Å². The number of carboxylic acids is 1. The molecule has 0 fully saturated rings. The molecule has 0 radical (unpaired) electrons. The van der Waals surface area contributed by atoms with Crippen LogP contribution in [0.2, 0.25) is 0 Å². The number of hydrogen-bond donors (Lipinski definition) is 2. The Morgan fingerprint density at radius 2 is 1.86 bits per heavy atom. The molecule has 7 heteroatoms. The van der Waals surface area contributed by atoms with Crippen molar-refractivity contribution in [3.8, 4) is 0 Å². The third-order valence-electron chi connectivity index (χ3n) is 1.53. The Hall–Kier alpha value is -0.283. The van der Waals surface area contributed by atoms with E-state index in [1.54, 1.807) is 6.92 Å². The topological polar surface area (TPSA) is 91.7 Å². The van der Waals surface area contributed by atoms with Crippen molar-refractivity contribution in [2.75, 3.05) is 0 Å². The summed E-state index contributed by atoms with van der Waals surface area (Å²) in [6.07, 6.45) is 0.497. The predicted octanol–water partition coefficient (Wildman–Crippen LogP) is -1.85. The van der Waals surface area contributed by atoms with Gasteiger partial charge in [0, 0.05) is 0 Å². The zero-order valence-corrected chi connectivity index (χ0v) is 9.26. The summed E-state index contributed by atoms with van der Waals surface area (Å²) < 4.78 is 30.1. The molecule has 78 valence electrons. The maximum absolute atomic E-state index is 10.7. The van der Waals surface area contributed by atoms with Crippen molar-refractivity contribution in [2.45, 2.75) is 26.7 Å². The van der Waals surface area contributed by atoms with Crippen LogP contribution in [-0.2, 0) is 14.9 Å². The van der Waals surface area contributed by atoms with Crippen LogP contribution in [0.3, 0.4) is 0 Å². The summed E-state index contributed by atoms with van der Waals surface area (Å²) in [5.41, 5.74) is -0.329. The maximum atomic E-state index is 10.7. The fourth-order valence-electron chi connectivity index (χ4n) is 0.856. The van der Waals surface area contributed by atoms with E-state index in [1.807, 2.05) is 0 Å². The van der Waals surface area contributed by atoms with Gasteiger partial charge >= 0.3 is 24.8 Å². The largest absolute Gasteiger partial charge is 1.00 e. The average molecular weight is 216 g/mol. The average Bonchev–Trinajstić information content (AvgIpc) is 1.96. The number of carboxylic acid groups (broad SMARTS) is 1. The van der Waals surface area contributed by atoms with Crippen LogP contribution in [0.15, 0.2) is 10.5 Å². The normalized spacial score (nSPS) is 12.8. The zero-order chi connectivity index (χ0) is 10.6. The summed E-state index contributed by atoms with van der Waals surface area (Å²) in [5, 5.41) is 8.51. The van der Waals surface area contributed by atoms with E-state index in [9.17, 15) is 13.2 Å². The number of allylic oxidation sites excluding steroid dienone is 1. The second kappa shape index (κ2) is 6.25. The van der Waals surface area contributed by atoms with Gasteiger partial charge in [0.25, 0.3) is 10.1 Å². The smallest absolute Gasteiger partial charge is 1.00 e. The van der Waals surface area contributed by atoms with Crippen LogP contribution < -0.4 is 18.9 Å². The van der Waals surface area contributed by atoms with Crippen molar-refractivity contribution in [3.63, 3.8) is 0 Å². The van der Waals surface area contributed by atoms with E-state index in [0.29, 0.717) is 6.42 Å². The first kappa shape index (κ1) is 16.2. The van der Waals surface area contributed by atoms with Gasteiger partial charge in [-0.05, 0) is 13.3 Å². The summed E-state index contributed by atoms with van der Waals surface area (Å²) in [4.78, 5) is 10.0. The molecule has 0 aromatic carbocycles. The van der Waals surface area contributed by atoms with Gasteiger partial charge < -0.3 is 6.53 Å². The van der Waals surface area contributed by atoms with Gasteiger partial charge in [-0.1, -0.05) is 13.3 Å². The molecule has 0 aromatic rings. The van der Waals surface area contributed by atoms with Crippen LogP contribution in [0.1, 0.15) is 28.1 Å². The first-order valence-electron chi connectivity index (χ1n) is 3.71. The van der Waals surface area contributed by atoms with Gasteiger partial charge in [0.2, 0.25) is 0 Å². The quantitative estimate of drug-likeness (QED) is 0.327. The number of rotatable bonds is 4. The molecule has 0 aliphatic heterocycles. The Morgan fingerprint density at radius 3 is 2.07 bits per heavy atom. The van der Waals surface area contributed by atoms with Crippen molar-refractivity contribution < 1.29 is 43.2 Å². The Labute approximate surface area is 96.6 Å². The van der Waals surface area contributed by atoms with Crippen molar-refractivity contribution in [2.24, 2.45) is 0 Å². The number of aliphatic carboxylic acids is 1. The maximum Gasteiger partial charge on any atom is 1.00 e. The monoisotopic (exact) mass is 216 g/mol. The molecule has 5 nitrogen and oxygen atoms in total. The van der Waals surface area contributed by atoms with E-state index in [0.717, 1.165) is 6.92 Å². The number of hydrogen-bond acceptors (Lipinski definition) is 3. The van der Waals surface area contributed by atoms with Crippen LogP contribution in [0, 0.1) is 0 Å². The molecule has 14 heavy (non-hydrogen) atoms. The third-order valence-corrected chi connectivity index (χ3v) is 2.66. The molecule has 0 amide bonds. The Morgan fingerprint density at radius 1 is 1.43 bits per heavy atom. The number of carbonyl (C=O) groups is 1. The zero-order valence-electron chi connectivity index (χ0n) is 9.44. The van der Waals surface area contributed by atoms with Gasteiger partial charge in [0.15, 0.2) is 0 Å². The summed E-state index contributed by atoms with van der Waals surface area (Å²) >= 11 is 0. The minimum atomic E-state index is -4.37. The van der Waals surface area contributed by atoms with E-state index in [1.165, 1.54) is 0 Å². The first-order valence-corrected chi connectivity index (χ1v) is 5.15. The van der Waals surface area contributed by atoms with Gasteiger partial charge in [-0.25, -0.2) is 4.79 Å². The van der Waals surface area contributed by atoms with Gasteiger partial charge in [0.1, 0.15) is 0 Å². The molecule has 0 heterocycles. The van der Waals surface area contributed by atoms with Crippen molar-refractivity contribution in [1.29, 1.82) is 0 Å². The molecular formula is C7H13LiO5S. The summed E-state index contributed by atoms with van der Waals surface area (Å²) in [6, 6.07) is 0. The fraction of sp³-hybridized carbons (Fsp3) is 0.571. The van der Waals surface area contributed by atoms with Gasteiger partial charge in [-0.15, -0.1) is 0 Å². The molecule has 0 aliphatic carbocycles. The van der Waals surface area contributed by atoms with Gasteiger partial charge in [-0.3, -0.25) is 4.55 Å². The van der Waals surface area contributed by atoms with E-state index < -0.39 is 21.0 Å². The molecular weight excluding hydrogens is 203 g/mol. The van der Waals surface area contributed by atoms with Crippen LogP contribution in [-0.4, -0.2) is 24.0 Å². The predicted molar refractivity (Wildman–Crippen MR) is 47.9 cm³/mol. The van der Waals surface area contributed by atoms with Crippen LogP contribution in [0.4, 0.5) is 0 Å². The molecule has 2 N–H and O–H groups in total. The summed E-state index contributed by atoms with van der Waals surface area (Å²) in [6.45, 7) is 2.85. The molecule has 0 aliphatic rings. The van der Waals surface area contributed by atoms with E-state index in [2.05, 4.69) is 0 Å². The van der Waals surface area contributed by atoms with Crippen molar-refractivity contribution >= 4 is 16.1 Å². The molecule has 0 bridgehead atoms. The molecule has 0 atom stereocenters. The van der Waals surface area contributed by atoms with Crippen LogP contribution >= 0.6 is 0 Å². The fourth-order valence-corrected chi connectivity index (χ4v) is 1.79. The Kier molecular flexibility index (Phi) is 7.21. The second-order valence-electron chi connectivity index (χ2n) is 2.58. The SMILES string of the molecule is CCCC(=C(C)C(=O)O)S(=O)(=O)O.[H-].[Li+]. The van der Waals surface area contributed by atoms with Crippen LogP contribution in [0.25, 0.3) is 0 Å². The minimum absolute atomic E-state index is 0. The third kappa shape index (κ3) is 4.82. The molecule has 0 unspecified atom stereocenters. The molecule has 0 aromatic heterocycles. The Balaban J connectivity index is -0.000000720. The summed E-state index contributed by atoms with van der Waals surface area (Å²) in [5.74, 6) is -1.33. The Bertz CT molecular complexity index is 335. The first-order chi connectivity index (χ1) is 5.80. The van der Waals surface area contributed by atoms with Gasteiger partial charge in [-0.2, -0.15) is 8.42 Å². The van der Waals surface area contributed by atoms with E-state index >= 15 is 0 Å². The molecule has 0 saturated heterocycles. The van der Waals surface area contributed by atoms with Crippen molar-refractivity contribution in [3.05, 3.63) is 10.5 Å². The molecule has 0 saturated carbocycles.